The number of aliphatic hydroxyl groups is 1. The summed E-state index contributed by atoms with van der Waals surface area (Å²) in [6.07, 6.45) is 2.28. The highest BCUT2D eigenvalue weighted by molar-refractivity contribution is 5.17. The molecule has 0 aliphatic heterocycles. The standard InChI is InChI=1S/C13H25NO/c1-8(2)14-10-9-6-7-13(5,11(10)15)12(9,3)4/h8-11,14-15H,6-7H2,1-5H3/t9-,10-,11-,13+/m1/s1. The molecule has 0 amide bonds. The van der Waals surface area contributed by atoms with E-state index >= 15 is 0 Å². The van der Waals surface area contributed by atoms with E-state index in [2.05, 4.69) is 39.9 Å². The van der Waals surface area contributed by atoms with Gasteiger partial charge in [-0.1, -0.05) is 34.6 Å². The molecule has 0 aromatic heterocycles. The lowest BCUT2D eigenvalue weighted by molar-refractivity contribution is -0.00113. The van der Waals surface area contributed by atoms with Crippen LogP contribution in [0.2, 0.25) is 0 Å². The Kier molecular flexibility index (Phi) is 2.44. The van der Waals surface area contributed by atoms with Crippen molar-refractivity contribution in [2.45, 2.75) is 65.6 Å². The molecule has 2 aliphatic rings. The van der Waals surface area contributed by atoms with Gasteiger partial charge in [0.1, 0.15) is 0 Å². The molecule has 0 unspecified atom stereocenters. The summed E-state index contributed by atoms with van der Waals surface area (Å²) in [5.41, 5.74) is 0.392. The molecule has 0 heterocycles. The van der Waals surface area contributed by atoms with Crippen molar-refractivity contribution in [1.29, 1.82) is 0 Å². The summed E-state index contributed by atoms with van der Waals surface area (Å²) in [7, 11) is 0. The van der Waals surface area contributed by atoms with Gasteiger partial charge in [-0.25, -0.2) is 0 Å². The average molecular weight is 211 g/mol. The fraction of sp³-hybridized carbons (Fsp3) is 1.00. The normalized spacial score (nSPS) is 47.8. The van der Waals surface area contributed by atoms with Crippen LogP contribution in [0.3, 0.4) is 0 Å². The van der Waals surface area contributed by atoms with Crippen molar-refractivity contribution in [3.63, 3.8) is 0 Å². The third-order valence-corrected chi connectivity index (χ3v) is 5.33. The summed E-state index contributed by atoms with van der Waals surface area (Å²) >= 11 is 0. The van der Waals surface area contributed by atoms with Gasteiger partial charge in [0.2, 0.25) is 0 Å². The minimum absolute atomic E-state index is 0.115. The quantitative estimate of drug-likeness (QED) is 0.733. The maximum absolute atomic E-state index is 10.5. The summed E-state index contributed by atoms with van der Waals surface area (Å²) in [5.74, 6) is 0.639. The maximum atomic E-state index is 10.5. The summed E-state index contributed by atoms with van der Waals surface area (Å²) in [4.78, 5) is 0. The highest BCUT2D eigenvalue weighted by Crippen LogP contribution is 2.65. The van der Waals surface area contributed by atoms with E-state index in [1.54, 1.807) is 0 Å². The Hall–Kier alpha value is -0.0800. The molecule has 0 aromatic carbocycles. The van der Waals surface area contributed by atoms with Gasteiger partial charge in [0.05, 0.1) is 6.10 Å². The van der Waals surface area contributed by atoms with Crippen LogP contribution >= 0.6 is 0 Å². The zero-order chi connectivity index (χ0) is 11.4. The van der Waals surface area contributed by atoms with E-state index in [-0.39, 0.29) is 16.9 Å². The highest BCUT2D eigenvalue weighted by atomic mass is 16.3. The lowest BCUT2D eigenvalue weighted by atomic mass is 9.70. The predicted octanol–water partition coefficient (Wildman–Crippen LogP) is 2.17. The van der Waals surface area contributed by atoms with Crippen LogP contribution < -0.4 is 5.32 Å². The summed E-state index contributed by atoms with van der Waals surface area (Å²) < 4.78 is 0. The van der Waals surface area contributed by atoms with Crippen LogP contribution in [0, 0.1) is 16.7 Å². The van der Waals surface area contributed by atoms with Crippen molar-refractivity contribution in [2.75, 3.05) is 0 Å². The molecule has 2 bridgehead atoms. The largest absolute Gasteiger partial charge is 0.391 e. The van der Waals surface area contributed by atoms with Crippen molar-refractivity contribution in [3.8, 4) is 0 Å². The maximum Gasteiger partial charge on any atom is 0.0754 e. The predicted molar refractivity (Wildman–Crippen MR) is 62.7 cm³/mol. The van der Waals surface area contributed by atoms with Gasteiger partial charge >= 0.3 is 0 Å². The van der Waals surface area contributed by atoms with E-state index < -0.39 is 0 Å². The van der Waals surface area contributed by atoms with Gasteiger partial charge in [0, 0.05) is 17.5 Å². The summed E-state index contributed by atoms with van der Waals surface area (Å²) in [6.45, 7) is 11.2. The first kappa shape index (κ1) is 11.4. The van der Waals surface area contributed by atoms with E-state index in [4.69, 9.17) is 0 Å². The van der Waals surface area contributed by atoms with E-state index in [1.165, 1.54) is 12.8 Å². The second-order valence-electron chi connectivity index (χ2n) is 6.58. The lowest BCUT2D eigenvalue weighted by Gasteiger charge is -2.37. The second-order valence-corrected chi connectivity index (χ2v) is 6.58. The molecule has 88 valence electrons. The third kappa shape index (κ3) is 1.31. The number of hydrogen-bond acceptors (Lipinski definition) is 2. The Morgan fingerprint density at radius 1 is 1.27 bits per heavy atom. The van der Waals surface area contributed by atoms with Crippen molar-refractivity contribution in [2.24, 2.45) is 16.7 Å². The molecule has 0 spiro atoms. The molecule has 2 N–H and O–H groups in total. The Bertz CT molecular complexity index is 261. The molecule has 15 heavy (non-hydrogen) atoms. The fourth-order valence-corrected chi connectivity index (χ4v) is 3.93. The SMILES string of the molecule is CC(C)N[C@@H]1[C@H]2CC[C@@](C)([C@@H]1O)C2(C)C. The molecule has 4 atom stereocenters. The molecule has 2 heteroatoms. The third-order valence-electron chi connectivity index (χ3n) is 5.33. The zero-order valence-corrected chi connectivity index (χ0v) is 10.7. The van der Waals surface area contributed by atoms with Crippen LogP contribution in [0.5, 0.6) is 0 Å². The monoisotopic (exact) mass is 211 g/mol. The van der Waals surface area contributed by atoms with Crippen LogP contribution in [0.4, 0.5) is 0 Å². The number of fused-ring (bicyclic) bond motifs is 2. The minimum Gasteiger partial charge on any atom is -0.391 e. The van der Waals surface area contributed by atoms with Crippen molar-refractivity contribution < 1.29 is 5.11 Å². The molecule has 2 rings (SSSR count). The molecule has 2 fully saturated rings. The van der Waals surface area contributed by atoms with Crippen LogP contribution in [0.25, 0.3) is 0 Å². The van der Waals surface area contributed by atoms with Crippen molar-refractivity contribution in [1.82, 2.24) is 5.32 Å². The number of nitrogens with one attached hydrogen (secondary N) is 1. The molecule has 0 saturated heterocycles. The Balaban J connectivity index is 2.26. The Morgan fingerprint density at radius 2 is 1.87 bits per heavy atom. The summed E-state index contributed by atoms with van der Waals surface area (Å²) in [6, 6.07) is 0.766. The van der Waals surface area contributed by atoms with Gasteiger partial charge in [0.15, 0.2) is 0 Å². The molecule has 0 aromatic rings. The van der Waals surface area contributed by atoms with Gasteiger partial charge in [-0.05, 0) is 24.2 Å². The number of hydrogen-bond donors (Lipinski definition) is 2. The topological polar surface area (TPSA) is 32.3 Å². The smallest absolute Gasteiger partial charge is 0.0754 e. The molecule has 0 radical (unpaired) electrons. The number of aliphatic hydroxyl groups excluding tert-OH is 1. The van der Waals surface area contributed by atoms with Crippen molar-refractivity contribution in [3.05, 3.63) is 0 Å². The first-order valence-electron chi connectivity index (χ1n) is 6.25. The summed E-state index contributed by atoms with van der Waals surface area (Å²) in [5, 5.41) is 14.0. The first-order chi connectivity index (χ1) is 6.80. The Labute approximate surface area is 93.5 Å². The lowest BCUT2D eigenvalue weighted by Crippen LogP contribution is -2.49. The Morgan fingerprint density at radius 3 is 2.27 bits per heavy atom. The molecular formula is C13H25NO. The first-order valence-corrected chi connectivity index (χ1v) is 6.25. The minimum atomic E-state index is -0.173. The van der Waals surface area contributed by atoms with Crippen LogP contribution in [0.1, 0.15) is 47.5 Å². The molecule has 2 aliphatic carbocycles. The molecule has 2 nitrogen and oxygen atoms in total. The van der Waals surface area contributed by atoms with Gasteiger partial charge in [-0.15, -0.1) is 0 Å². The van der Waals surface area contributed by atoms with Crippen LogP contribution in [-0.2, 0) is 0 Å². The van der Waals surface area contributed by atoms with E-state index in [0.29, 0.717) is 18.0 Å². The van der Waals surface area contributed by atoms with E-state index in [1.807, 2.05) is 0 Å². The second kappa shape index (κ2) is 3.21. The van der Waals surface area contributed by atoms with E-state index in [9.17, 15) is 5.11 Å². The molecular weight excluding hydrogens is 186 g/mol. The van der Waals surface area contributed by atoms with Crippen molar-refractivity contribution >= 4 is 0 Å². The van der Waals surface area contributed by atoms with Crippen LogP contribution in [0.15, 0.2) is 0 Å². The van der Waals surface area contributed by atoms with Gasteiger partial charge in [-0.3, -0.25) is 0 Å². The van der Waals surface area contributed by atoms with Gasteiger partial charge in [-0.2, -0.15) is 0 Å². The van der Waals surface area contributed by atoms with Gasteiger partial charge < -0.3 is 10.4 Å². The number of rotatable bonds is 2. The molecule has 2 saturated carbocycles. The zero-order valence-electron chi connectivity index (χ0n) is 10.7. The fourth-order valence-electron chi connectivity index (χ4n) is 3.93. The highest BCUT2D eigenvalue weighted by Gasteiger charge is 2.65. The average Bonchev–Trinajstić information content (AvgIpc) is 2.40. The van der Waals surface area contributed by atoms with Gasteiger partial charge in [0.25, 0.3) is 0 Å². The van der Waals surface area contributed by atoms with E-state index in [0.717, 1.165) is 0 Å². The van der Waals surface area contributed by atoms with Crippen LogP contribution in [-0.4, -0.2) is 23.3 Å².